The molecular weight excluding hydrogens is 392 g/mol. The normalized spacial score (nSPS) is 15.6. The van der Waals surface area contributed by atoms with Gasteiger partial charge in [-0.05, 0) is 17.7 Å². The maximum Gasteiger partial charge on any atom is 0.253 e. The number of para-hydroxylation sites is 1. The third-order valence-corrected chi connectivity index (χ3v) is 4.66. The van der Waals surface area contributed by atoms with Gasteiger partial charge in [-0.1, -0.05) is 42.5 Å². The third-order valence-electron chi connectivity index (χ3n) is 4.66. The first-order valence-corrected chi connectivity index (χ1v) is 9.28. The van der Waals surface area contributed by atoms with E-state index in [1.54, 1.807) is 29.2 Å². The van der Waals surface area contributed by atoms with Gasteiger partial charge in [0.25, 0.3) is 5.91 Å². The van der Waals surface area contributed by atoms with Crippen LogP contribution in [-0.2, 0) is 16.1 Å². The Kier molecular flexibility index (Phi) is 8.18. The molecule has 4 N–H and O–H groups in total. The molecule has 1 unspecified atom stereocenters. The van der Waals surface area contributed by atoms with Crippen LogP contribution in [0.5, 0.6) is 0 Å². The highest BCUT2D eigenvalue weighted by molar-refractivity contribution is 6.05. The van der Waals surface area contributed by atoms with Crippen molar-refractivity contribution in [2.45, 2.75) is 13.0 Å². The van der Waals surface area contributed by atoms with Gasteiger partial charge in [-0.15, -0.1) is 12.4 Å². The van der Waals surface area contributed by atoms with Gasteiger partial charge in [0.1, 0.15) is 0 Å². The van der Waals surface area contributed by atoms with Crippen molar-refractivity contribution >= 4 is 35.8 Å². The van der Waals surface area contributed by atoms with E-state index in [4.69, 9.17) is 5.73 Å². The molecule has 0 bridgehead atoms. The lowest BCUT2D eigenvalue weighted by molar-refractivity contribution is -0.128. The van der Waals surface area contributed by atoms with Crippen LogP contribution in [0.25, 0.3) is 0 Å². The van der Waals surface area contributed by atoms with Crippen LogP contribution >= 0.6 is 12.4 Å². The van der Waals surface area contributed by atoms with Crippen molar-refractivity contribution in [3.63, 3.8) is 0 Å². The molecule has 29 heavy (non-hydrogen) atoms. The molecule has 0 aromatic heterocycles. The van der Waals surface area contributed by atoms with Gasteiger partial charge in [-0.3, -0.25) is 14.4 Å². The lowest BCUT2D eigenvalue weighted by Crippen LogP contribution is -2.31. The Labute approximate surface area is 176 Å². The average Bonchev–Trinajstić information content (AvgIpc) is 3.08. The summed E-state index contributed by atoms with van der Waals surface area (Å²) in [6.07, 6.45) is 0.167. The summed E-state index contributed by atoms with van der Waals surface area (Å²) in [5.41, 5.74) is 7.24. The summed E-state index contributed by atoms with van der Waals surface area (Å²) in [6, 6.07) is 16.5. The first-order valence-electron chi connectivity index (χ1n) is 9.28. The molecule has 8 heteroatoms. The summed E-state index contributed by atoms with van der Waals surface area (Å²) in [5, 5.41) is 5.50. The van der Waals surface area contributed by atoms with Gasteiger partial charge in [-0.2, -0.15) is 0 Å². The molecule has 3 amide bonds. The number of hydrogen-bond donors (Lipinski definition) is 3. The number of nitrogens with zero attached hydrogens (tertiary/aromatic N) is 1. The summed E-state index contributed by atoms with van der Waals surface area (Å²) in [4.78, 5) is 39.0. The van der Waals surface area contributed by atoms with E-state index in [1.165, 1.54) is 0 Å². The number of benzene rings is 2. The fraction of sp³-hybridized carbons (Fsp3) is 0.286. The lowest BCUT2D eigenvalue weighted by Gasteiger charge is -2.17. The molecule has 1 heterocycles. The Morgan fingerprint density at radius 1 is 1.07 bits per heavy atom. The fourth-order valence-electron chi connectivity index (χ4n) is 3.21. The van der Waals surface area contributed by atoms with Crippen LogP contribution < -0.4 is 16.4 Å². The molecular formula is C21H25ClN4O3. The topological polar surface area (TPSA) is 105 Å². The van der Waals surface area contributed by atoms with E-state index in [0.29, 0.717) is 37.4 Å². The van der Waals surface area contributed by atoms with Gasteiger partial charge < -0.3 is 21.3 Å². The molecule has 1 aliphatic rings. The van der Waals surface area contributed by atoms with E-state index in [9.17, 15) is 14.4 Å². The van der Waals surface area contributed by atoms with Gasteiger partial charge in [0.2, 0.25) is 11.8 Å². The summed E-state index contributed by atoms with van der Waals surface area (Å²) in [7, 11) is 0. The number of nitrogens with two attached hydrogens (primary N) is 1. The molecule has 0 aliphatic carbocycles. The molecule has 154 valence electrons. The molecule has 1 aliphatic heterocycles. The zero-order chi connectivity index (χ0) is 19.9. The van der Waals surface area contributed by atoms with Crippen molar-refractivity contribution < 1.29 is 14.4 Å². The van der Waals surface area contributed by atoms with Crippen LogP contribution in [0.2, 0.25) is 0 Å². The van der Waals surface area contributed by atoms with E-state index in [0.717, 1.165) is 5.56 Å². The smallest absolute Gasteiger partial charge is 0.253 e. The largest absolute Gasteiger partial charge is 0.351 e. The number of halogens is 1. The number of likely N-dealkylation sites (tertiary alicyclic amines) is 1. The number of carbonyl (C=O) groups excluding carboxylic acids is 3. The minimum absolute atomic E-state index is 0. The van der Waals surface area contributed by atoms with Crippen LogP contribution in [0.4, 0.5) is 5.69 Å². The SMILES string of the molecule is Cl.NCCNC(=O)c1ccccc1NC(=O)C1CC(=O)N(Cc2ccccc2)C1. The summed E-state index contributed by atoms with van der Waals surface area (Å²) >= 11 is 0. The molecule has 2 aromatic rings. The van der Waals surface area contributed by atoms with Gasteiger partial charge >= 0.3 is 0 Å². The van der Waals surface area contributed by atoms with Crippen molar-refractivity contribution in [2.75, 3.05) is 25.0 Å². The van der Waals surface area contributed by atoms with Crippen LogP contribution in [-0.4, -0.2) is 42.3 Å². The molecule has 0 radical (unpaired) electrons. The van der Waals surface area contributed by atoms with Crippen molar-refractivity contribution in [1.29, 1.82) is 0 Å². The van der Waals surface area contributed by atoms with Gasteiger partial charge in [0.15, 0.2) is 0 Å². The van der Waals surface area contributed by atoms with Crippen molar-refractivity contribution in [3.05, 3.63) is 65.7 Å². The van der Waals surface area contributed by atoms with E-state index in [2.05, 4.69) is 10.6 Å². The van der Waals surface area contributed by atoms with E-state index in [-0.39, 0.29) is 36.5 Å². The molecule has 1 fully saturated rings. The number of nitrogens with one attached hydrogen (secondary N) is 2. The van der Waals surface area contributed by atoms with Crippen molar-refractivity contribution in [1.82, 2.24) is 10.2 Å². The van der Waals surface area contributed by atoms with Gasteiger partial charge in [0, 0.05) is 32.6 Å². The van der Waals surface area contributed by atoms with Crippen LogP contribution in [0, 0.1) is 5.92 Å². The minimum Gasteiger partial charge on any atom is -0.351 e. The Morgan fingerprint density at radius 2 is 1.76 bits per heavy atom. The maximum atomic E-state index is 12.7. The highest BCUT2D eigenvalue weighted by Gasteiger charge is 2.34. The van der Waals surface area contributed by atoms with Gasteiger partial charge in [0.05, 0.1) is 17.2 Å². The number of anilines is 1. The quantitative estimate of drug-likeness (QED) is 0.639. The molecule has 0 spiro atoms. The second kappa shape index (κ2) is 10.6. The van der Waals surface area contributed by atoms with Crippen molar-refractivity contribution in [3.8, 4) is 0 Å². The number of amides is 3. The van der Waals surface area contributed by atoms with Crippen LogP contribution in [0.1, 0.15) is 22.3 Å². The van der Waals surface area contributed by atoms with E-state index in [1.807, 2.05) is 30.3 Å². The Bertz CT molecular complexity index is 860. The molecule has 0 saturated carbocycles. The lowest BCUT2D eigenvalue weighted by atomic mass is 10.1. The highest BCUT2D eigenvalue weighted by atomic mass is 35.5. The zero-order valence-electron chi connectivity index (χ0n) is 16.0. The Morgan fingerprint density at radius 3 is 2.48 bits per heavy atom. The van der Waals surface area contributed by atoms with Crippen molar-refractivity contribution in [2.24, 2.45) is 11.7 Å². The van der Waals surface area contributed by atoms with Crippen LogP contribution in [0.3, 0.4) is 0 Å². The predicted octanol–water partition coefficient (Wildman–Crippen LogP) is 1.78. The summed E-state index contributed by atoms with van der Waals surface area (Å²) in [5.74, 6) is -1.05. The first kappa shape index (κ1) is 22.4. The predicted molar refractivity (Wildman–Crippen MR) is 114 cm³/mol. The molecule has 1 saturated heterocycles. The number of hydrogen-bond acceptors (Lipinski definition) is 4. The number of carbonyl (C=O) groups is 3. The number of rotatable bonds is 7. The Hall–Kier alpha value is -2.90. The standard InChI is InChI=1S/C21H24N4O3.ClH/c22-10-11-23-21(28)17-8-4-5-9-18(17)24-20(27)16-12-19(26)25(14-16)13-15-6-2-1-3-7-15;/h1-9,16H,10-14,22H2,(H,23,28)(H,24,27);1H. The first-order chi connectivity index (χ1) is 13.6. The molecule has 7 nitrogen and oxygen atoms in total. The van der Waals surface area contributed by atoms with E-state index >= 15 is 0 Å². The second-order valence-electron chi connectivity index (χ2n) is 6.74. The maximum absolute atomic E-state index is 12.7. The average molecular weight is 417 g/mol. The van der Waals surface area contributed by atoms with Gasteiger partial charge in [-0.25, -0.2) is 0 Å². The zero-order valence-corrected chi connectivity index (χ0v) is 16.8. The fourth-order valence-corrected chi connectivity index (χ4v) is 3.21. The monoisotopic (exact) mass is 416 g/mol. The molecule has 2 aromatic carbocycles. The molecule has 3 rings (SSSR count). The Balaban J connectivity index is 0.00000300. The summed E-state index contributed by atoms with van der Waals surface area (Å²) in [6.45, 7) is 1.54. The van der Waals surface area contributed by atoms with Crippen LogP contribution in [0.15, 0.2) is 54.6 Å². The third kappa shape index (κ3) is 5.79. The highest BCUT2D eigenvalue weighted by Crippen LogP contribution is 2.23. The second-order valence-corrected chi connectivity index (χ2v) is 6.74. The minimum atomic E-state index is -0.448. The molecule has 1 atom stereocenters. The summed E-state index contributed by atoms with van der Waals surface area (Å²) < 4.78 is 0. The van der Waals surface area contributed by atoms with E-state index < -0.39 is 5.92 Å².